The summed E-state index contributed by atoms with van der Waals surface area (Å²) in [6, 6.07) is 16.8. The molecule has 104 valence electrons. The van der Waals surface area contributed by atoms with E-state index in [-0.39, 0.29) is 0 Å². The van der Waals surface area contributed by atoms with E-state index in [0.29, 0.717) is 0 Å². The van der Waals surface area contributed by atoms with Crippen LogP contribution in [0.1, 0.15) is 11.4 Å². The van der Waals surface area contributed by atoms with E-state index < -0.39 is 0 Å². The minimum absolute atomic E-state index is 0.951. The molecule has 2 aromatic heterocycles. The molecule has 0 atom stereocenters. The van der Waals surface area contributed by atoms with Crippen molar-refractivity contribution in [1.29, 1.82) is 0 Å². The van der Waals surface area contributed by atoms with Crippen LogP contribution in [-0.4, -0.2) is 14.5 Å². The molecule has 0 aliphatic rings. The monoisotopic (exact) mass is 275 g/mol. The lowest BCUT2D eigenvalue weighted by Crippen LogP contribution is -2.00. The third-order valence-corrected chi connectivity index (χ3v) is 4.17. The quantitative estimate of drug-likeness (QED) is 0.605. The molecule has 2 heterocycles. The molecule has 0 spiro atoms. The van der Waals surface area contributed by atoms with Gasteiger partial charge in [0.05, 0.1) is 11.0 Å². The lowest BCUT2D eigenvalue weighted by atomic mass is 10.1. The van der Waals surface area contributed by atoms with Gasteiger partial charge in [-0.05, 0) is 30.2 Å². The fourth-order valence-corrected chi connectivity index (χ4v) is 3.00. The number of hydrogen-bond acceptors (Lipinski definition) is 1. The molecule has 2 aromatic carbocycles. The molecule has 0 unspecified atom stereocenters. The van der Waals surface area contributed by atoms with Gasteiger partial charge in [-0.2, -0.15) is 0 Å². The van der Waals surface area contributed by atoms with Gasteiger partial charge in [0.1, 0.15) is 5.82 Å². The fraction of sp³-hybridized carbons (Fsp3) is 0.167. The maximum atomic E-state index is 4.74. The summed E-state index contributed by atoms with van der Waals surface area (Å²) in [5.41, 5.74) is 4.84. The lowest BCUT2D eigenvalue weighted by molar-refractivity contribution is 0.789. The van der Waals surface area contributed by atoms with Crippen LogP contribution in [-0.2, 0) is 19.9 Å². The van der Waals surface area contributed by atoms with E-state index in [1.165, 1.54) is 22.0 Å². The molecule has 0 saturated heterocycles. The first-order valence-electron chi connectivity index (χ1n) is 7.28. The Morgan fingerprint density at radius 2 is 1.81 bits per heavy atom. The molecule has 4 rings (SSSR count). The molecular formula is C18H17N3. The molecule has 0 bridgehead atoms. The molecule has 4 aromatic rings. The van der Waals surface area contributed by atoms with E-state index in [0.717, 1.165) is 24.2 Å². The van der Waals surface area contributed by atoms with Gasteiger partial charge in [0, 0.05) is 30.6 Å². The number of para-hydroxylation sites is 3. The summed E-state index contributed by atoms with van der Waals surface area (Å²) < 4.78 is 2.20. The molecule has 0 aliphatic carbocycles. The SMILES string of the molecule is Cn1c(CCc2c[nH]c3ccccc23)nc2ccccc21. The largest absolute Gasteiger partial charge is 0.361 e. The van der Waals surface area contributed by atoms with Crippen LogP contribution in [0.5, 0.6) is 0 Å². The summed E-state index contributed by atoms with van der Waals surface area (Å²) in [5, 5.41) is 1.32. The number of hydrogen-bond donors (Lipinski definition) is 1. The number of rotatable bonds is 3. The average Bonchev–Trinajstić information content (AvgIpc) is 3.07. The fourth-order valence-electron chi connectivity index (χ4n) is 3.00. The van der Waals surface area contributed by atoms with Crippen molar-refractivity contribution in [3.63, 3.8) is 0 Å². The zero-order valence-electron chi connectivity index (χ0n) is 12.0. The third kappa shape index (κ3) is 2.02. The first kappa shape index (κ1) is 12.2. The van der Waals surface area contributed by atoms with Crippen LogP contribution in [0.2, 0.25) is 0 Å². The van der Waals surface area contributed by atoms with Crippen molar-refractivity contribution in [1.82, 2.24) is 14.5 Å². The summed E-state index contributed by atoms with van der Waals surface area (Å²) in [6.45, 7) is 0. The Bertz CT molecular complexity index is 914. The maximum absolute atomic E-state index is 4.74. The second-order valence-corrected chi connectivity index (χ2v) is 5.44. The minimum atomic E-state index is 0.951. The number of aromatic nitrogens is 3. The highest BCUT2D eigenvalue weighted by Gasteiger charge is 2.09. The van der Waals surface area contributed by atoms with Crippen LogP contribution < -0.4 is 0 Å². The Hall–Kier alpha value is -2.55. The average molecular weight is 275 g/mol. The molecule has 0 amide bonds. The van der Waals surface area contributed by atoms with E-state index in [1.807, 2.05) is 6.07 Å². The van der Waals surface area contributed by atoms with Crippen molar-refractivity contribution < 1.29 is 0 Å². The van der Waals surface area contributed by atoms with Crippen molar-refractivity contribution in [3.8, 4) is 0 Å². The highest BCUT2D eigenvalue weighted by molar-refractivity contribution is 5.83. The summed E-state index contributed by atoms with van der Waals surface area (Å²) >= 11 is 0. The van der Waals surface area contributed by atoms with E-state index in [2.05, 4.69) is 65.3 Å². The van der Waals surface area contributed by atoms with Gasteiger partial charge in [0.15, 0.2) is 0 Å². The zero-order valence-corrected chi connectivity index (χ0v) is 12.0. The first-order valence-corrected chi connectivity index (χ1v) is 7.28. The molecule has 3 heteroatoms. The van der Waals surface area contributed by atoms with Crippen LogP contribution >= 0.6 is 0 Å². The maximum Gasteiger partial charge on any atom is 0.109 e. The van der Waals surface area contributed by atoms with E-state index >= 15 is 0 Å². The van der Waals surface area contributed by atoms with Gasteiger partial charge < -0.3 is 9.55 Å². The molecule has 0 fully saturated rings. The van der Waals surface area contributed by atoms with Crippen LogP contribution in [0, 0.1) is 0 Å². The highest BCUT2D eigenvalue weighted by atomic mass is 15.1. The molecule has 3 nitrogen and oxygen atoms in total. The van der Waals surface area contributed by atoms with Crippen LogP contribution in [0.15, 0.2) is 54.7 Å². The number of benzene rings is 2. The second-order valence-electron chi connectivity index (χ2n) is 5.44. The summed E-state index contributed by atoms with van der Waals surface area (Å²) in [4.78, 5) is 8.08. The molecule has 0 radical (unpaired) electrons. The lowest BCUT2D eigenvalue weighted by Gasteiger charge is -2.02. The number of nitrogens with one attached hydrogen (secondary N) is 1. The number of H-pyrrole nitrogens is 1. The summed E-state index contributed by atoms with van der Waals surface area (Å²) in [7, 11) is 2.10. The molecule has 0 aliphatic heterocycles. The highest BCUT2D eigenvalue weighted by Crippen LogP contribution is 2.20. The van der Waals surface area contributed by atoms with Crippen molar-refractivity contribution in [2.45, 2.75) is 12.8 Å². The van der Waals surface area contributed by atoms with Crippen molar-refractivity contribution in [2.24, 2.45) is 7.05 Å². The number of imidazole rings is 1. The molecule has 0 saturated carbocycles. The predicted molar refractivity (Wildman–Crippen MR) is 86.4 cm³/mol. The third-order valence-electron chi connectivity index (χ3n) is 4.17. The molecule has 21 heavy (non-hydrogen) atoms. The normalized spacial score (nSPS) is 11.5. The van der Waals surface area contributed by atoms with Crippen molar-refractivity contribution >= 4 is 21.9 Å². The summed E-state index contributed by atoms with van der Waals surface area (Å²) in [5.74, 6) is 1.14. The topological polar surface area (TPSA) is 33.6 Å². The van der Waals surface area contributed by atoms with Crippen LogP contribution in [0.3, 0.4) is 0 Å². The first-order chi connectivity index (χ1) is 10.3. The summed E-state index contributed by atoms with van der Waals surface area (Å²) in [6.07, 6.45) is 4.07. The Kier molecular flexibility index (Phi) is 2.78. The zero-order chi connectivity index (χ0) is 14.2. The minimum Gasteiger partial charge on any atom is -0.361 e. The van der Waals surface area contributed by atoms with Crippen molar-refractivity contribution in [2.75, 3.05) is 0 Å². The number of aromatic amines is 1. The molecule has 1 N–H and O–H groups in total. The van der Waals surface area contributed by atoms with Gasteiger partial charge in [0.25, 0.3) is 0 Å². The standard InChI is InChI=1S/C18H17N3/c1-21-17-9-5-4-8-16(17)20-18(21)11-10-13-12-19-15-7-3-2-6-14(13)15/h2-9,12,19H,10-11H2,1H3. The Balaban J connectivity index is 1.65. The number of nitrogens with zero attached hydrogens (tertiary/aromatic N) is 2. The van der Waals surface area contributed by atoms with E-state index in [9.17, 15) is 0 Å². The van der Waals surface area contributed by atoms with Crippen LogP contribution in [0.25, 0.3) is 21.9 Å². The van der Waals surface area contributed by atoms with E-state index in [4.69, 9.17) is 4.98 Å². The Morgan fingerprint density at radius 3 is 2.71 bits per heavy atom. The Morgan fingerprint density at radius 1 is 1.00 bits per heavy atom. The van der Waals surface area contributed by atoms with Gasteiger partial charge in [0.2, 0.25) is 0 Å². The van der Waals surface area contributed by atoms with Gasteiger partial charge in [-0.25, -0.2) is 4.98 Å². The van der Waals surface area contributed by atoms with Gasteiger partial charge in [-0.1, -0.05) is 30.3 Å². The number of aryl methyl sites for hydroxylation is 3. The van der Waals surface area contributed by atoms with Gasteiger partial charge in [-0.3, -0.25) is 0 Å². The smallest absolute Gasteiger partial charge is 0.109 e. The van der Waals surface area contributed by atoms with Gasteiger partial charge in [-0.15, -0.1) is 0 Å². The molecular weight excluding hydrogens is 258 g/mol. The van der Waals surface area contributed by atoms with Crippen LogP contribution in [0.4, 0.5) is 0 Å². The number of fused-ring (bicyclic) bond motifs is 2. The van der Waals surface area contributed by atoms with Gasteiger partial charge >= 0.3 is 0 Å². The van der Waals surface area contributed by atoms with E-state index in [1.54, 1.807) is 0 Å². The predicted octanol–water partition coefficient (Wildman–Crippen LogP) is 3.84. The Labute approximate surface area is 123 Å². The van der Waals surface area contributed by atoms with Crippen molar-refractivity contribution in [3.05, 3.63) is 66.1 Å². The second kappa shape index (κ2) is 4.77.